The van der Waals surface area contributed by atoms with E-state index in [1.165, 1.54) is 0 Å². The van der Waals surface area contributed by atoms with Gasteiger partial charge in [-0.25, -0.2) is 0 Å². The Bertz CT molecular complexity index is 28.7. The summed E-state index contributed by atoms with van der Waals surface area (Å²) in [6.45, 7) is 2.02. The Kier molecular flexibility index (Phi) is 2.99. The smallest absolute Gasteiger partial charge is 0.0435 e. The van der Waals surface area contributed by atoms with Crippen molar-refractivity contribution < 1.29 is 1.37 Å². The molecule has 0 N–H and O–H groups in total. The lowest BCUT2D eigenvalue weighted by molar-refractivity contribution is 0.892. The second-order valence-corrected chi connectivity index (χ2v) is 1.25. The Labute approximate surface area is 39.5 Å². The molecule has 0 aliphatic carbocycles. The molecule has 0 aromatic heterocycles. The SMILES string of the molecule is [2H][C@@H](Cl)CCC. The van der Waals surface area contributed by atoms with Gasteiger partial charge in [0.15, 0.2) is 0 Å². The normalized spacial score (nSPS) is 17.6. The molecule has 0 spiro atoms. The summed E-state index contributed by atoms with van der Waals surface area (Å²) in [4.78, 5) is 0. The predicted molar refractivity (Wildman–Crippen MR) is 25.6 cm³/mol. The van der Waals surface area contributed by atoms with Gasteiger partial charge in [-0.1, -0.05) is 13.3 Å². The fraction of sp³-hybridized carbons (Fsp3) is 1.00. The van der Waals surface area contributed by atoms with Gasteiger partial charge in [0.1, 0.15) is 0 Å². The third kappa shape index (κ3) is 4.29. The highest BCUT2D eigenvalue weighted by molar-refractivity contribution is 6.17. The summed E-state index contributed by atoms with van der Waals surface area (Å²) < 4.78 is 6.74. The molecule has 0 amide bonds. The highest BCUT2D eigenvalue weighted by Gasteiger charge is 1.70. The van der Waals surface area contributed by atoms with Crippen molar-refractivity contribution >= 4 is 11.6 Å². The summed E-state index contributed by atoms with van der Waals surface area (Å²) >= 11 is 5.24. The molecule has 0 saturated heterocycles. The first-order valence-electron chi connectivity index (χ1n) is 2.41. The molecule has 0 fully saturated rings. The molecule has 5 heavy (non-hydrogen) atoms. The zero-order chi connectivity index (χ0) is 4.99. The standard InChI is InChI=1S/C4H9Cl/c1-2-3-4-5/h2-4H2,1H3/i4D/t4-/m1/s1. The van der Waals surface area contributed by atoms with E-state index in [0.717, 1.165) is 12.8 Å². The van der Waals surface area contributed by atoms with Crippen LogP contribution in [0.2, 0.25) is 0 Å². The molecule has 0 aliphatic heterocycles. The molecule has 0 unspecified atom stereocenters. The molecule has 0 nitrogen and oxygen atoms in total. The maximum absolute atomic E-state index is 6.74. The molecule has 0 aromatic rings. The molecule has 0 rings (SSSR count). The van der Waals surface area contributed by atoms with E-state index < -0.39 is 0 Å². The summed E-state index contributed by atoms with van der Waals surface area (Å²) in [5.41, 5.74) is 0. The van der Waals surface area contributed by atoms with E-state index in [2.05, 4.69) is 0 Å². The first kappa shape index (κ1) is 3.48. The minimum absolute atomic E-state index is 0.380. The molecule has 0 saturated carbocycles. The van der Waals surface area contributed by atoms with E-state index in [4.69, 9.17) is 13.0 Å². The molecule has 1 atom stereocenters. The monoisotopic (exact) mass is 93.0 g/mol. The molecule has 0 radical (unpaired) electrons. The zero-order valence-electron chi connectivity index (χ0n) is 4.37. The van der Waals surface area contributed by atoms with Crippen molar-refractivity contribution in [3.63, 3.8) is 0 Å². The second-order valence-electron chi connectivity index (χ2n) is 0.943. The summed E-state index contributed by atoms with van der Waals surface area (Å²) in [7, 11) is 0. The predicted octanol–water partition coefficient (Wildman–Crippen LogP) is 2.03. The van der Waals surface area contributed by atoms with Crippen LogP contribution in [0.4, 0.5) is 0 Å². The van der Waals surface area contributed by atoms with E-state index in [1.54, 1.807) is 0 Å². The van der Waals surface area contributed by atoms with Crippen LogP contribution >= 0.6 is 11.6 Å². The van der Waals surface area contributed by atoms with Crippen molar-refractivity contribution in [1.82, 2.24) is 0 Å². The zero-order valence-corrected chi connectivity index (χ0v) is 4.13. The average Bonchev–Trinajstić information content (AvgIpc) is 1.35. The number of rotatable bonds is 2. The van der Waals surface area contributed by atoms with Gasteiger partial charge < -0.3 is 0 Å². The third-order valence-corrected chi connectivity index (χ3v) is 0.616. The Morgan fingerprint density at radius 2 is 2.60 bits per heavy atom. The van der Waals surface area contributed by atoms with E-state index >= 15 is 0 Å². The van der Waals surface area contributed by atoms with Gasteiger partial charge in [0.05, 0.1) is 0 Å². The van der Waals surface area contributed by atoms with Crippen LogP contribution in [0.5, 0.6) is 0 Å². The van der Waals surface area contributed by atoms with Crippen LogP contribution < -0.4 is 0 Å². The maximum atomic E-state index is 6.74. The minimum atomic E-state index is -0.380. The number of alkyl halides is 1. The maximum Gasteiger partial charge on any atom is 0.0435 e. The van der Waals surface area contributed by atoms with Crippen molar-refractivity contribution in [3.8, 4) is 0 Å². The Morgan fingerprint density at radius 3 is 2.60 bits per heavy atom. The van der Waals surface area contributed by atoms with Gasteiger partial charge >= 0.3 is 0 Å². The highest BCUT2D eigenvalue weighted by atomic mass is 35.5. The third-order valence-electron chi connectivity index (χ3n) is 0.398. The minimum Gasteiger partial charge on any atom is -0.127 e. The fourth-order valence-electron chi connectivity index (χ4n) is 0.109. The molecule has 32 valence electrons. The molecular weight excluding hydrogens is 83.5 g/mol. The molecule has 1 heteroatoms. The van der Waals surface area contributed by atoms with Crippen LogP contribution in [-0.2, 0) is 0 Å². The Balaban J connectivity index is 2.63. The van der Waals surface area contributed by atoms with Crippen LogP contribution in [0.3, 0.4) is 0 Å². The largest absolute Gasteiger partial charge is 0.127 e. The number of halogens is 1. The van der Waals surface area contributed by atoms with E-state index in [0.29, 0.717) is 0 Å². The first-order chi connectivity index (χ1) is 2.77. The molecular formula is C4H9Cl. The van der Waals surface area contributed by atoms with Crippen LogP contribution in [-0.4, -0.2) is 5.86 Å². The van der Waals surface area contributed by atoms with Crippen molar-refractivity contribution in [3.05, 3.63) is 0 Å². The van der Waals surface area contributed by atoms with E-state index in [1.807, 2.05) is 6.92 Å². The quantitative estimate of drug-likeness (QED) is 0.459. The average molecular weight is 93.6 g/mol. The first-order valence-corrected chi connectivity index (χ1v) is 2.27. The molecule has 0 aromatic carbocycles. The second kappa shape index (κ2) is 4.29. The van der Waals surface area contributed by atoms with E-state index in [-0.39, 0.29) is 5.86 Å². The lowest BCUT2D eigenvalue weighted by Gasteiger charge is -1.77. The Morgan fingerprint density at radius 1 is 2.00 bits per heavy atom. The van der Waals surface area contributed by atoms with Gasteiger partial charge in [0, 0.05) is 7.23 Å². The fourth-order valence-corrected chi connectivity index (χ4v) is 0.327. The summed E-state index contributed by atoms with van der Waals surface area (Å²) in [5, 5.41) is 0. The number of hydrogen-bond donors (Lipinski definition) is 0. The summed E-state index contributed by atoms with van der Waals surface area (Å²) in [6, 6.07) is 0. The van der Waals surface area contributed by atoms with Crippen molar-refractivity contribution in [2.45, 2.75) is 19.8 Å². The van der Waals surface area contributed by atoms with Gasteiger partial charge in [-0.15, -0.1) is 11.6 Å². The van der Waals surface area contributed by atoms with Gasteiger partial charge in [-0.3, -0.25) is 0 Å². The molecule has 0 heterocycles. The van der Waals surface area contributed by atoms with Crippen LogP contribution in [0, 0.1) is 0 Å². The Hall–Kier alpha value is 0.290. The van der Waals surface area contributed by atoms with Crippen LogP contribution in [0.15, 0.2) is 0 Å². The van der Waals surface area contributed by atoms with Crippen molar-refractivity contribution in [1.29, 1.82) is 0 Å². The summed E-state index contributed by atoms with van der Waals surface area (Å²) in [6.07, 6.45) is 1.82. The number of hydrogen-bond acceptors (Lipinski definition) is 0. The van der Waals surface area contributed by atoms with Gasteiger partial charge in [0.25, 0.3) is 0 Å². The van der Waals surface area contributed by atoms with Gasteiger partial charge in [-0.05, 0) is 6.42 Å². The molecule has 0 aliphatic rings. The summed E-state index contributed by atoms with van der Waals surface area (Å²) in [5.74, 6) is -0.380. The topological polar surface area (TPSA) is 0 Å². The van der Waals surface area contributed by atoms with Gasteiger partial charge in [0.2, 0.25) is 0 Å². The van der Waals surface area contributed by atoms with E-state index in [9.17, 15) is 0 Å². The lowest BCUT2D eigenvalue weighted by atomic mass is 10.4. The molecule has 0 bridgehead atoms. The lowest BCUT2D eigenvalue weighted by Crippen LogP contribution is -1.65. The highest BCUT2D eigenvalue weighted by Crippen LogP contribution is 1.86. The van der Waals surface area contributed by atoms with Gasteiger partial charge in [-0.2, -0.15) is 0 Å². The van der Waals surface area contributed by atoms with Crippen LogP contribution in [0.25, 0.3) is 0 Å². The van der Waals surface area contributed by atoms with Crippen LogP contribution in [0.1, 0.15) is 21.1 Å². The van der Waals surface area contributed by atoms with Crippen molar-refractivity contribution in [2.75, 3.05) is 5.86 Å². The van der Waals surface area contributed by atoms with Crippen molar-refractivity contribution in [2.24, 2.45) is 0 Å².